The Morgan fingerprint density at radius 3 is 1.40 bits per heavy atom. The zero-order valence-corrected chi connectivity index (χ0v) is 13.3. The lowest BCUT2D eigenvalue weighted by Crippen LogP contribution is -2.57. The Kier molecular flexibility index (Phi) is 4.91. The summed E-state index contributed by atoms with van der Waals surface area (Å²) in [5, 5.41) is 0.328. The van der Waals surface area contributed by atoms with Crippen LogP contribution in [0, 0.1) is 0 Å². The highest BCUT2D eigenvalue weighted by Gasteiger charge is 2.55. The summed E-state index contributed by atoms with van der Waals surface area (Å²) in [4.78, 5) is 0. The highest BCUT2D eigenvalue weighted by molar-refractivity contribution is 6.84. The first-order chi connectivity index (χ1) is 6.48. The van der Waals surface area contributed by atoms with Crippen molar-refractivity contribution in [1.29, 1.82) is 0 Å². The number of rotatable bonds is 3. The molecule has 0 aromatic heterocycles. The van der Waals surface area contributed by atoms with Crippen molar-refractivity contribution >= 4 is 19.9 Å². The van der Waals surface area contributed by atoms with Gasteiger partial charge in [0.05, 0.1) is 0 Å². The molecule has 15 heavy (non-hydrogen) atoms. The fourth-order valence-electron chi connectivity index (χ4n) is 2.31. The van der Waals surface area contributed by atoms with Gasteiger partial charge in [-0.2, -0.15) is 0 Å². The minimum Gasteiger partial charge on any atom is -0.412 e. The molecule has 0 N–H and O–H groups in total. The summed E-state index contributed by atoms with van der Waals surface area (Å²) in [6, 6.07) is 0. The number of hydrogen-bond donors (Lipinski definition) is 0. The lowest BCUT2D eigenvalue weighted by molar-refractivity contribution is 0.197. The first-order valence-electron chi connectivity index (χ1n) is 5.72. The quantitative estimate of drug-likeness (QED) is 0.520. The predicted octanol–water partition coefficient (Wildman–Crippen LogP) is 4.74. The Morgan fingerprint density at radius 1 is 1.00 bits per heavy atom. The lowest BCUT2D eigenvalue weighted by Gasteiger charge is -2.50. The molecule has 3 heteroatoms. The summed E-state index contributed by atoms with van der Waals surface area (Å²) in [6.07, 6.45) is 0.258. The van der Waals surface area contributed by atoms with Crippen molar-refractivity contribution in [3.05, 3.63) is 0 Å². The minimum atomic E-state index is -1.97. The molecule has 0 radical (unpaired) electrons. The van der Waals surface area contributed by atoms with E-state index in [9.17, 15) is 0 Å². The van der Waals surface area contributed by atoms with Crippen molar-refractivity contribution in [2.24, 2.45) is 0 Å². The van der Waals surface area contributed by atoms with E-state index in [1.54, 1.807) is 0 Å². The third-order valence-electron chi connectivity index (χ3n) is 3.05. The average molecular weight is 251 g/mol. The number of hydrogen-bond acceptors (Lipinski definition) is 1. The molecule has 0 aliphatic heterocycles. The molecule has 0 rings (SSSR count). The smallest absolute Gasteiger partial charge is 0.218 e. The Labute approximate surface area is 102 Å². The number of alkyl halides is 1. The lowest BCUT2D eigenvalue weighted by atomic mass is 10.2. The van der Waals surface area contributed by atoms with Crippen LogP contribution in [0.25, 0.3) is 0 Å². The molecule has 0 aromatic rings. The van der Waals surface area contributed by atoms with E-state index in [-0.39, 0.29) is 16.2 Å². The van der Waals surface area contributed by atoms with Crippen molar-refractivity contribution in [2.75, 3.05) is 5.50 Å². The Bertz CT molecular complexity index is 187. The van der Waals surface area contributed by atoms with Crippen LogP contribution in [0.2, 0.25) is 10.1 Å². The molecule has 0 saturated carbocycles. The summed E-state index contributed by atoms with van der Waals surface area (Å²) < 4.78 is 6.32. The third kappa shape index (κ3) is 3.21. The maximum atomic E-state index is 6.32. The second-order valence-corrected chi connectivity index (χ2v) is 12.6. The molecular formula is C12H27ClOSi. The van der Waals surface area contributed by atoms with Gasteiger partial charge in [0.25, 0.3) is 0 Å². The fraction of sp³-hybridized carbons (Fsp3) is 1.00. The van der Waals surface area contributed by atoms with E-state index in [1.807, 2.05) is 0 Å². The van der Waals surface area contributed by atoms with Gasteiger partial charge in [0.2, 0.25) is 8.32 Å². The maximum absolute atomic E-state index is 6.32. The second-order valence-electron chi connectivity index (χ2n) is 6.63. The van der Waals surface area contributed by atoms with Crippen molar-refractivity contribution < 1.29 is 4.43 Å². The maximum Gasteiger partial charge on any atom is 0.218 e. The first-order valence-corrected chi connectivity index (χ1v) is 8.37. The van der Waals surface area contributed by atoms with Crippen molar-refractivity contribution in [3.8, 4) is 0 Å². The molecule has 1 nitrogen and oxygen atoms in total. The van der Waals surface area contributed by atoms with E-state index in [0.717, 1.165) is 0 Å². The van der Waals surface area contributed by atoms with E-state index >= 15 is 0 Å². The Morgan fingerprint density at radius 2 is 1.33 bits per heavy atom. The van der Waals surface area contributed by atoms with Crippen LogP contribution in [0.4, 0.5) is 0 Å². The molecule has 0 saturated heterocycles. The number of halogens is 1. The van der Waals surface area contributed by atoms with E-state index in [1.165, 1.54) is 0 Å². The van der Waals surface area contributed by atoms with Gasteiger partial charge in [-0.3, -0.25) is 0 Å². The second kappa shape index (κ2) is 4.76. The van der Waals surface area contributed by atoms with E-state index in [4.69, 9.17) is 16.0 Å². The van der Waals surface area contributed by atoms with Crippen LogP contribution in [0.5, 0.6) is 0 Å². The van der Waals surface area contributed by atoms with Crippen LogP contribution in [0.1, 0.15) is 55.4 Å². The monoisotopic (exact) mass is 250 g/mol. The largest absolute Gasteiger partial charge is 0.412 e. The van der Waals surface area contributed by atoms with Gasteiger partial charge in [0.15, 0.2) is 0 Å². The molecule has 0 spiro atoms. The van der Waals surface area contributed by atoms with Gasteiger partial charge in [0.1, 0.15) is 0 Å². The van der Waals surface area contributed by atoms with Gasteiger partial charge >= 0.3 is 0 Å². The van der Waals surface area contributed by atoms with E-state index in [0.29, 0.717) is 5.50 Å². The zero-order chi connectivity index (χ0) is 12.5. The van der Waals surface area contributed by atoms with Gasteiger partial charge in [-0.1, -0.05) is 41.5 Å². The molecule has 0 amide bonds. The zero-order valence-electron chi connectivity index (χ0n) is 11.6. The summed E-state index contributed by atoms with van der Waals surface area (Å²) in [5.41, 5.74) is 0.665. The van der Waals surface area contributed by atoms with Crippen molar-refractivity contribution in [2.45, 2.75) is 71.6 Å². The SMILES string of the molecule is CC(C)O[Si](CCl)(C(C)(C)C)C(C)(C)C. The predicted molar refractivity (Wildman–Crippen MR) is 72.1 cm³/mol. The Hall–Kier alpha value is 0.467. The molecule has 0 unspecified atom stereocenters. The highest BCUT2D eigenvalue weighted by atomic mass is 35.5. The van der Waals surface area contributed by atoms with Crippen LogP contribution in [-0.4, -0.2) is 19.9 Å². The van der Waals surface area contributed by atoms with Crippen LogP contribution >= 0.6 is 11.6 Å². The topological polar surface area (TPSA) is 9.23 Å². The van der Waals surface area contributed by atoms with E-state index < -0.39 is 8.32 Å². The summed E-state index contributed by atoms with van der Waals surface area (Å²) in [7, 11) is -1.97. The van der Waals surface area contributed by atoms with Crippen molar-refractivity contribution in [1.82, 2.24) is 0 Å². The molecule has 0 aliphatic carbocycles. The van der Waals surface area contributed by atoms with Gasteiger partial charge in [-0.05, 0) is 23.9 Å². The van der Waals surface area contributed by atoms with E-state index in [2.05, 4.69) is 55.4 Å². The molecule has 0 fully saturated rings. The molecule has 0 bridgehead atoms. The third-order valence-corrected chi connectivity index (χ3v) is 10.3. The van der Waals surface area contributed by atoms with Crippen molar-refractivity contribution in [3.63, 3.8) is 0 Å². The first kappa shape index (κ1) is 15.5. The Balaban J connectivity index is 5.33. The standard InChI is InChI=1S/C12H27ClOSi/c1-10(2)14-15(9-13,11(3,4)5)12(6,7)8/h10H,9H2,1-8H3. The van der Waals surface area contributed by atoms with Gasteiger partial charge in [-0.15, -0.1) is 11.6 Å². The summed E-state index contributed by atoms with van der Waals surface area (Å²) in [5.74, 6) is 0. The molecule has 0 heterocycles. The summed E-state index contributed by atoms with van der Waals surface area (Å²) in [6.45, 7) is 17.8. The van der Waals surface area contributed by atoms with Crippen LogP contribution < -0.4 is 0 Å². The normalized spacial score (nSPS) is 14.8. The van der Waals surface area contributed by atoms with Gasteiger partial charge < -0.3 is 4.43 Å². The molecule has 0 aromatic carbocycles. The van der Waals surface area contributed by atoms with Gasteiger partial charge in [-0.25, -0.2) is 0 Å². The molecular weight excluding hydrogens is 224 g/mol. The average Bonchev–Trinajstić information content (AvgIpc) is 1.94. The molecule has 0 aliphatic rings. The van der Waals surface area contributed by atoms with Crippen LogP contribution in [-0.2, 0) is 4.43 Å². The van der Waals surface area contributed by atoms with Crippen LogP contribution in [0.3, 0.4) is 0 Å². The summed E-state index contributed by atoms with van der Waals surface area (Å²) >= 11 is 6.27. The van der Waals surface area contributed by atoms with Gasteiger partial charge in [0, 0.05) is 11.6 Å². The minimum absolute atomic E-state index is 0.164. The highest BCUT2D eigenvalue weighted by Crippen LogP contribution is 2.52. The molecule has 0 atom stereocenters. The molecule has 92 valence electrons. The van der Waals surface area contributed by atoms with Crippen LogP contribution in [0.15, 0.2) is 0 Å². The fourth-order valence-corrected chi connectivity index (χ4v) is 9.53.